The molecule has 23 heavy (non-hydrogen) atoms. The quantitative estimate of drug-likeness (QED) is 0.772. The lowest BCUT2D eigenvalue weighted by molar-refractivity contribution is -0.117. The molecule has 1 saturated carbocycles. The van der Waals surface area contributed by atoms with Crippen LogP contribution in [0.4, 0.5) is 0 Å². The summed E-state index contributed by atoms with van der Waals surface area (Å²) >= 11 is 0. The van der Waals surface area contributed by atoms with E-state index in [0.717, 1.165) is 54.6 Å². The normalized spacial score (nSPS) is 22.8. The summed E-state index contributed by atoms with van der Waals surface area (Å²) in [5.41, 5.74) is 4.13. The fourth-order valence-electron chi connectivity index (χ4n) is 4.06. The average molecular weight is 308 g/mol. The largest absolute Gasteiger partial charge is 0.500 e. The maximum atomic E-state index is 13.0. The molecule has 1 aromatic carbocycles. The van der Waals surface area contributed by atoms with Gasteiger partial charge in [-0.1, -0.05) is 25.3 Å². The highest BCUT2D eigenvalue weighted by Crippen LogP contribution is 2.47. The maximum Gasteiger partial charge on any atom is 0.169 e. The number of methoxy groups -OCH3 is 1. The Morgan fingerprint density at radius 2 is 2.04 bits per heavy atom. The van der Waals surface area contributed by atoms with Gasteiger partial charge in [0.2, 0.25) is 0 Å². The van der Waals surface area contributed by atoms with Crippen molar-refractivity contribution in [3.05, 3.63) is 40.6 Å². The number of carbonyl (C=O) groups is 1. The highest BCUT2D eigenvalue weighted by Gasteiger charge is 2.42. The van der Waals surface area contributed by atoms with E-state index < -0.39 is 0 Å². The predicted octanol–water partition coefficient (Wildman–Crippen LogP) is 4.37. The van der Waals surface area contributed by atoms with E-state index in [1.807, 2.05) is 13.0 Å². The van der Waals surface area contributed by atoms with Crippen LogP contribution in [0.15, 0.2) is 24.0 Å². The molecule has 120 valence electrons. The molecule has 0 aromatic heterocycles. The number of carbonyl (C=O) groups excluding carboxylic acids is 1. The number of Topliss-reactive ketones (excluding diaryl/α,β-unsaturated/α-hetero) is 1. The SMILES string of the molecule is CC#Cc1ccc(C2=C(OC)C3CCC(C3)C2=O)c(CCC)c1. The third-order valence-electron chi connectivity index (χ3n) is 5.05. The first-order valence-corrected chi connectivity index (χ1v) is 8.58. The van der Waals surface area contributed by atoms with Gasteiger partial charge in [0, 0.05) is 17.4 Å². The Bertz CT molecular complexity index is 715. The number of ketones is 1. The molecule has 0 spiro atoms. The summed E-state index contributed by atoms with van der Waals surface area (Å²) in [5, 5.41) is 0. The number of rotatable bonds is 4. The van der Waals surface area contributed by atoms with E-state index in [9.17, 15) is 4.79 Å². The van der Waals surface area contributed by atoms with Gasteiger partial charge in [-0.3, -0.25) is 4.79 Å². The van der Waals surface area contributed by atoms with E-state index in [0.29, 0.717) is 5.92 Å². The third-order valence-corrected chi connectivity index (χ3v) is 5.05. The topological polar surface area (TPSA) is 26.3 Å². The zero-order chi connectivity index (χ0) is 16.4. The van der Waals surface area contributed by atoms with Crippen LogP contribution >= 0.6 is 0 Å². The van der Waals surface area contributed by atoms with Crippen LogP contribution in [-0.4, -0.2) is 12.9 Å². The third kappa shape index (κ3) is 2.81. The number of benzene rings is 1. The molecule has 2 bridgehead atoms. The number of aryl methyl sites for hydroxylation is 1. The van der Waals surface area contributed by atoms with Gasteiger partial charge in [0.15, 0.2) is 5.78 Å². The lowest BCUT2D eigenvalue weighted by atomic mass is 9.81. The molecule has 1 fully saturated rings. The van der Waals surface area contributed by atoms with Crippen molar-refractivity contribution in [3.8, 4) is 11.8 Å². The van der Waals surface area contributed by atoms with Crippen LogP contribution < -0.4 is 0 Å². The molecule has 2 nitrogen and oxygen atoms in total. The van der Waals surface area contributed by atoms with Crippen LogP contribution in [0.25, 0.3) is 5.57 Å². The van der Waals surface area contributed by atoms with E-state index in [1.54, 1.807) is 7.11 Å². The number of hydrogen-bond acceptors (Lipinski definition) is 2. The molecule has 0 aliphatic heterocycles. The van der Waals surface area contributed by atoms with Gasteiger partial charge >= 0.3 is 0 Å². The standard InChI is InChI=1S/C21H24O2/c1-4-6-14-8-11-18(15(12-14)7-5-2)19-20(22)16-9-10-17(13-16)21(19)23-3/h8,11-12,16-17H,5,7,9-10,13H2,1-3H3. The van der Waals surface area contributed by atoms with E-state index in [2.05, 4.69) is 30.9 Å². The summed E-state index contributed by atoms with van der Waals surface area (Å²) in [6.45, 7) is 4.02. The summed E-state index contributed by atoms with van der Waals surface area (Å²) < 4.78 is 5.70. The molecule has 0 N–H and O–H groups in total. The van der Waals surface area contributed by atoms with Crippen molar-refractivity contribution in [3.63, 3.8) is 0 Å². The lowest BCUT2D eigenvalue weighted by Gasteiger charge is -2.25. The van der Waals surface area contributed by atoms with Crippen molar-refractivity contribution in [1.29, 1.82) is 0 Å². The Hall–Kier alpha value is -2.01. The highest BCUT2D eigenvalue weighted by molar-refractivity contribution is 6.23. The number of ether oxygens (including phenoxy) is 1. The first-order valence-electron chi connectivity index (χ1n) is 8.58. The molecule has 2 unspecified atom stereocenters. The molecular weight excluding hydrogens is 284 g/mol. The summed E-state index contributed by atoms with van der Waals surface area (Å²) in [4.78, 5) is 13.0. The molecule has 1 aromatic rings. The smallest absolute Gasteiger partial charge is 0.169 e. The Kier molecular flexibility index (Phi) is 4.57. The molecule has 3 rings (SSSR count). The van der Waals surface area contributed by atoms with Crippen LogP contribution in [-0.2, 0) is 16.0 Å². The van der Waals surface area contributed by atoms with E-state index in [-0.39, 0.29) is 11.7 Å². The second-order valence-corrected chi connectivity index (χ2v) is 6.51. The lowest BCUT2D eigenvalue weighted by Crippen LogP contribution is -2.22. The van der Waals surface area contributed by atoms with Crippen LogP contribution in [0, 0.1) is 23.7 Å². The Morgan fingerprint density at radius 1 is 1.26 bits per heavy atom. The Balaban J connectivity index is 2.15. The van der Waals surface area contributed by atoms with Crippen molar-refractivity contribution in [1.82, 2.24) is 0 Å². The average Bonchev–Trinajstić information content (AvgIpc) is 2.98. The molecular formula is C21H24O2. The molecule has 0 saturated heterocycles. The van der Waals surface area contributed by atoms with Gasteiger partial charge in [0.25, 0.3) is 0 Å². The van der Waals surface area contributed by atoms with Crippen LogP contribution in [0.3, 0.4) is 0 Å². The van der Waals surface area contributed by atoms with Crippen molar-refractivity contribution in [2.45, 2.75) is 46.0 Å². The van der Waals surface area contributed by atoms with Crippen LogP contribution in [0.2, 0.25) is 0 Å². The molecule has 2 aliphatic rings. The second kappa shape index (κ2) is 6.62. The molecule has 2 heteroatoms. The van der Waals surface area contributed by atoms with Gasteiger partial charge in [-0.25, -0.2) is 0 Å². The van der Waals surface area contributed by atoms with Crippen LogP contribution in [0.1, 0.15) is 56.2 Å². The minimum absolute atomic E-state index is 0.193. The van der Waals surface area contributed by atoms with E-state index in [1.165, 1.54) is 5.56 Å². The zero-order valence-corrected chi connectivity index (χ0v) is 14.2. The molecule has 0 amide bonds. The maximum absolute atomic E-state index is 13.0. The Labute approximate surface area is 138 Å². The van der Waals surface area contributed by atoms with Crippen molar-refractivity contribution in [2.24, 2.45) is 11.8 Å². The number of allylic oxidation sites excluding steroid dienone is 2. The Morgan fingerprint density at radius 3 is 2.74 bits per heavy atom. The molecule has 0 radical (unpaired) electrons. The fraction of sp³-hybridized carbons (Fsp3) is 0.476. The number of fused-ring (bicyclic) bond motifs is 2. The minimum atomic E-state index is 0.193. The van der Waals surface area contributed by atoms with Gasteiger partial charge in [0.05, 0.1) is 12.7 Å². The molecule has 0 heterocycles. The van der Waals surface area contributed by atoms with Gasteiger partial charge in [0.1, 0.15) is 5.76 Å². The minimum Gasteiger partial charge on any atom is -0.500 e. The first-order chi connectivity index (χ1) is 11.2. The van der Waals surface area contributed by atoms with E-state index >= 15 is 0 Å². The monoisotopic (exact) mass is 308 g/mol. The predicted molar refractivity (Wildman–Crippen MR) is 92.8 cm³/mol. The van der Waals surface area contributed by atoms with Crippen LogP contribution in [0.5, 0.6) is 0 Å². The summed E-state index contributed by atoms with van der Waals surface area (Å²) in [7, 11) is 1.71. The van der Waals surface area contributed by atoms with Gasteiger partial charge in [-0.2, -0.15) is 0 Å². The summed E-state index contributed by atoms with van der Waals surface area (Å²) in [6, 6.07) is 6.23. The van der Waals surface area contributed by atoms with Crippen molar-refractivity contribution >= 4 is 11.4 Å². The number of hydrogen-bond donors (Lipinski definition) is 0. The van der Waals surface area contributed by atoms with Crippen molar-refractivity contribution in [2.75, 3.05) is 7.11 Å². The molecule has 2 aliphatic carbocycles. The first kappa shape index (κ1) is 15.9. The van der Waals surface area contributed by atoms with Gasteiger partial charge < -0.3 is 4.74 Å². The second-order valence-electron chi connectivity index (χ2n) is 6.51. The van der Waals surface area contributed by atoms with E-state index in [4.69, 9.17) is 4.74 Å². The molecule has 2 atom stereocenters. The van der Waals surface area contributed by atoms with Gasteiger partial charge in [-0.05, 0) is 55.9 Å². The highest BCUT2D eigenvalue weighted by atomic mass is 16.5. The fourth-order valence-corrected chi connectivity index (χ4v) is 4.06. The van der Waals surface area contributed by atoms with Gasteiger partial charge in [-0.15, -0.1) is 5.92 Å². The zero-order valence-electron chi connectivity index (χ0n) is 14.2. The van der Waals surface area contributed by atoms with Crippen molar-refractivity contribution < 1.29 is 9.53 Å². The summed E-state index contributed by atoms with van der Waals surface area (Å²) in [6.07, 6.45) is 5.05. The summed E-state index contributed by atoms with van der Waals surface area (Å²) in [5.74, 6) is 7.88.